The largest absolute Gasteiger partial charge is 0.479 e. The molecule has 0 saturated carbocycles. The van der Waals surface area contributed by atoms with E-state index in [1.807, 2.05) is 30.5 Å². The summed E-state index contributed by atoms with van der Waals surface area (Å²) in [6, 6.07) is 7.15. The lowest BCUT2D eigenvalue weighted by atomic mass is 10.0. The summed E-state index contributed by atoms with van der Waals surface area (Å²) < 4.78 is 42.4. The molecule has 0 unspecified atom stereocenters. The SMILES string of the molecule is COc1nc(N[C@@H]2CCN(C3COC3)C[C@@H]2F)nn2ccc(-c3ccc4nnn([C@H](C)CF)c4c3)c12. The lowest BCUT2D eigenvalue weighted by molar-refractivity contribution is -0.0794. The van der Waals surface area contributed by atoms with Gasteiger partial charge in [0.25, 0.3) is 0 Å². The van der Waals surface area contributed by atoms with Crippen LogP contribution >= 0.6 is 0 Å². The van der Waals surface area contributed by atoms with Crippen LogP contribution < -0.4 is 10.1 Å². The number of fused-ring (bicyclic) bond motifs is 2. The standard InChI is InChI=1S/C24H28F2N8O2/c1-14(10-25)34-21-9-15(3-4-20(21)29-31-34)17-5-8-33-22(17)23(35-2)28-24(30-33)27-19-6-7-32(11-18(19)26)16-12-36-13-16/h3-5,8-9,14,16,18-19H,6-7,10-13H2,1-2H3,(H,27,30)/t14-,18+,19-/m1/s1. The van der Waals surface area contributed by atoms with Crippen LogP contribution in [0.15, 0.2) is 30.5 Å². The van der Waals surface area contributed by atoms with Crippen LogP contribution in [-0.4, -0.2) is 92.8 Å². The van der Waals surface area contributed by atoms with Crippen molar-refractivity contribution in [3.05, 3.63) is 30.5 Å². The minimum Gasteiger partial charge on any atom is -0.479 e. The molecule has 10 nitrogen and oxygen atoms in total. The zero-order valence-corrected chi connectivity index (χ0v) is 20.1. The van der Waals surface area contributed by atoms with Crippen molar-refractivity contribution in [2.75, 3.05) is 45.4 Å². The molecule has 0 radical (unpaired) electrons. The summed E-state index contributed by atoms with van der Waals surface area (Å²) in [5.41, 5.74) is 3.83. The van der Waals surface area contributed by atoms with Gasteiger partial charge in [-0.15, -0.1) is 10.2 Å². The molecule has 0 spiro atoms. The number of hydrogen-bond acceptors (Lipinski definition) is 8. The van der Waals surface area contributed by atoms with Gasteiger partial charge in [-0.1, -0.05) is 11.3 Å². The van der Waals surface area contributed by atoms with Gasteiger partial charge in [0, 0.05) is 24.8 Å². The van der Waals surface area contributed by atoms with Crippen LogP contribution in [0.1, 0.15) is 19.4 Å². The minimum absolute atomic E-state index is 0.309. The van der Waals surface area contributed by atoms with E-state index in [-0.39, 0.29) is 6.04 Å². The summed E-state index contributed by atoms with van der Waals surface area (Å²) in [5.74, 6) is 0.680. The summed E-state index contributed by atoms with van der Waals surface area (Å²) in [6.45, 7) is 3.75. The molecule has 1 N–H and O–H groups in total. The molecular weight excluding hydrogens is 470 g/mol. The molecule has 3 aromatic heterocycles. The van der Waals surface area contributed by atoms with Crippen LogP contribution in [0.5, 0.6) is 5.88 Å². The predicted molar refractivity (Wildman–Crippen MR) is 130 cm³/mol. The number of likely N-dealkylation sites (tertiary alicyclic amines) is 1. The summed E-state index contributed by atoms with van der Waals surface area (Å²) >= 11 is 0. The number of nitrogens with one attached hydrogen (secondary N) is 1. The van der Waals surface area contributed by atoms with Crippen LogP contribution in [0.25, 0.3) is 27.7 Å². The number of halogens is 2. The van der Waals surface area contributed by atoms with Crippen molar-refractivity contribution in [1.29, 1.82) is 0 Å². The number of benzene rings is 1. The van der Waals surface area contributed by atoms with Gasteiger partial charge >= 0.3 is 0 Å². The smallest absolute Gasteiger partial charge is 0.244 e. The van der Waals surface area contributed by atoms with Gasteiger partial charge in [0.15, 0.2) is 0 Å². The van der Waals surface area contributed by atoms with Gasteiger partial charge < -0.3 is 14.8 Å². The van der Waals surface area contributed by atoms with Gasteiger partial charge in [0.05, 0.1) is 44.0 Å². The van der Waals surface area contributed by atoms with E-state index in [1.54, 1.807) is 23.2 Å². The number of ether oxygens (including phenoxy) is 2. The minimum atomic E-state index is -1.04. The maximum absolute atomic E-state index is 15.0. The van der Waals surface area contributed by atoms with Crippen molar-refractivity contribution < 1.29 is 18.3 Å². The van der Waals surface area contributed by atoms with Crippen molar-refractivity contribution in [3.8, 4) is 17.0 Å². The van der Waals surface area contributed by atoms with Crippen molar-refractivity contribution in [1.82, 2.24) is 34.5 Å². The Bertz CT molecular complexity index is 1390. The topological polar surface area (TPSA) is 94.6 Å². The zero-order chi connectivity index (χ0) is 24.8. The molecule has 12 heteroatoms. The summed E-state index contributed by atoms with van der Waals surface area (Å²) in [5, 5.41) is 16.0. The normalized spacial score (nSPS) is 22.1. The lowest BCUT2D eigenvalue weighted by Crippen LogP contribution is -2.57. The van der Waals surface area contributed by atoms with Crippen molar-refractivity contribution in [2.45, 2.75) is 37.6 Å². The highest BCUT2D eigenvalue weighted by Gasteiger charge is 2.35. The van der Waals surface area contributed by atoms with Gasteiger partial charge in [0.1, 0.15) is 23.9 Å². The average Bonchev–Trinajstić information content (AvgIpc) is 3.47. The van der Waals surface area contributed by atoms with Gasteiger partial charge in [-0.2, -0.15) is 4.98 Å². The molecule has 0 amide bonds. The summed E-state index contributed by atoms with van der Waals surface area (Å²) in [7, 11) is 1.55. The number of methoxy groups -OCH3 is 1. The van der Waals surface area contributed by atoms with Crippen LogP contribution in [0.4, 0.5) is 14.7 Å². The highest BCUT2D eigenvalue weighted by atomic mass is 19.1. The second-order valence-corrected chi connectivity index (χ2v) is 9.45. The van der Waals surface area contributed by atoms with E-state index in [2.05, 4.69) is 30.6 Å². The molecule has 2 saturated heterocycles. The second kappa shape index (κ2) is 9.25. The molecule has 2 aliphatic rings. The Morgan fingerprint density at radius 3 is 2.86 bits per heavy atom. The molecule has 2 aliphatic heterocycles. The first kappa shape index (κ1) is 23.0. The average molecular weight is 499 g/mol. The van der Waals surface area contributed by atoms with Crippen LogP contribution in [0.2, 0.25) is 0 Å². The number of anilines is 1. The quantitative estimate of drug-likeness (QED) is 0.416. The molecule has 36 heavy (non-hydrogen) atoms. The zero-order valence-electron chi connectivity index (χ0n) is 20.1. The van der Waals surface area contributed by atoms with Gasteiger partial charge in [-0.25, -0.2) is 18.0 Å². The van der Waals surface area contributed by atoms with E-state index in [0.29, 0.717) is 55.1 Å². The van der Waals surface area contributed by atoms with E-state index in [0.717, 1.165) is 23.2 Å². The first-order valence-corrected chi connectivity index (χ1v) is 12.1. The number of rotatable bonds is 7. The van der Waals surface area contributed by atoms with Crippen LogP contribution in [0.3, 0.4) is 0 Å². The third kappa shape index (κ3) is 3.94. The number of aromatic nitrogens is 6. The molecule has 0 aliphatic carbocycles. The van der Waals surface area contributed by atoms with E-state index in [1.165, 1.54) is 0 Å². The van der Waals surface area contributed by atoms with E-state index >= 15 is 0 Å². The van der Waals surface area contributed by atoms with Crippen molar-refractivity contribution in [2.24, 2.45) is 0 Å². The molecule has 0 bridgehead atoms. The maximum Gasteiger partial charge on any atom is 0.244 e. The summed E-state index contributed by atoms with van der Waals surface area (Å²) in [6.07, 6.45) is 1.43. The first-order valence-electron chi connectivity index (χ1n) is 12.1. The monoisotopic (exact) mass is 498 g/mol. The fourth-order valence-electron chi connectivity index (χ4n) is 4.95. The van der Waals surface area contributed by atoms with Gasteiger partial charge in [0.2, 0.25) is 11.8 Å². The van der Waals surface area contributed by atoms with Gasteiger partial charge in [-0.05, 0) is 37.1 Å². The Hall–Kier alpha value is -3.38. The number of nitrogens with zero attached hydrogens (tertiary/aromatic N) is 7. The molecule has 1 aromatic carbocycles. The van der Waals surface area contributed by atoms with Crippen LogP contribution in [-0.2, 0) is 4.74 Å². The number of piperidine rings is 1. The molecule has 3 atom stereocenters. The maximum atomic E-state index is 15.0. The fraction of sp³-hybridized carbons (Fsp3) is 0.500. The highest BCUT2D eigenvalue weighted by molar-refractivity contribution is 5.89. The highest BCUT2D eigenvalue weighted by Crippen LogP contribution is 2.33. The Morgan fingerprint density at radius 2 is 2.14 bits per heavy atom. The third-order valence-electron chi connectivity index (χ3n) is 7.12. The first-order chi connectivity index (χ1) is 17.6. The molecule has 2 fully saturated rings. The Morgan fingerprint density at radius 1 is 1.28 bits per heavy atom. The van der Waals surface area contributed by atoms with E-state index in [4.69, 9.17) is 9.47 Å². The van der Waals surface area contributed by atoms with Crippen molar-refractivity contribution >= 4 is 22.5 Å². The Balaban J connectivity index is 1.29. The Kier molecular flexibility index (Phi) is 5.92. The molecule has 190 valence electrons. The fourth-order valence-corrected chi connectivity index (χ4v) is 4.95. The molecule has 4 aromatic rings. The predicted octanol–water partition coefficient (Wildman–Crippen LogP) is 2.90. The molecular formula is C24H28F2N8O2. The molecule has 6 rings (SSSR count). The lowest BCUT2D eigenvalue weighted by Gasteiger charge is -2.42. The van der Waals surface area contributed by atoms with E-state index < -0.39 is 18.9 Å². The third-order valence-corrected chi connectivity index (χ3v) is 7.12. The number of alkyl halides is 2. The summed E-state index contributed by atoms with van der Waals surface area (Å²) in [4.78, 5) is 6.71. The number of hydrogen-bond donors (Lipinski definition) is 1. The molecule has 5 heterocycles. The van der Waals surface area contributed by atoms with E-state index in [9.17, 15) is 8.78 Å². The van der Waals surface area contributed by atoms with Crippen molar-refractivity contribution in [3.63, 3.8) is 0 Å². The second-order valence-electron chi connectivity index (χ2n) is 9.45. The van der Waals surface area contributed by atoms with Gasteiger partial charge in [-0.3, -0.25) is 4.90 Å². The van der Waals surface area contributed by atoms with Crippen LogP contribution in [0, 0.1) is 0 Å². The Labute approximate surface area is 206 Å².